The number of ether oxygens (including phenoxy) is 1. The van der Waals surface area contributed by atoms with Crippen LogP contribution in [0.1, 0.15) is 31.7 Å². The van der Waals surface area contributed by atoms with E-state index in [4.69, 9.17) is 37.9 Å². The number of carbonyl (C=O) groups excluding carboxylic acids is 1. The number of carbonyl (C=O) groups is 1. The molecule has 1 saturated carbocycles. The van der Waals surface area contributed by atoms with Crippen LogP contribution in [0.2, 0.25) is 10.0 Å². The molecule has 1 fully saturated rings. The lowest BCUT2D eigenvalue weighted by molar-refractivity contribution is -0.125. The van der Waals surface area contributed by atoms with E-state index in [-0.39, 0.29) is 18.6 Å². The van der Waals surface area contributed by atoms with E-state index in [2.05, 4.69) is 22.7 Å². The molecule has 1 aromatic carbocycles. The van der Waals surface area contributed by atoms with Gasteiger partial charge in [0.05, 0.1) is 33.5 Å². The van der Waals surface area contributed by atoms with Crippen molar-refractivity contribution >= 4 is 45.7 Å². The smallest absolute Gasteiger partial charge is 0.246 e. The maximum atomic E-state index is 11.8. The molecule has 0 radical (unpaired) electrons. The number of halogens is 2. The van der Waals surface area contributed by atoms with E-state index in [1.54, 1.807) is 0 Å². The van der Waals surface area contributed by atoms with Gasteiger partial charge in [-0.1, -0.05) is 29.3 Å². The molecule has 10 heteroatoms. The van der Waals surface area contributed by atoms with Gasteiger partial charge in [0.1, 0.15) is 12.3 Å². The Labute approximate surface area is 229 Å². The van der Waals surface area contributed by atoms with E-state index in [1.165, 1.54) is 7.11 Å². The fourth-order valence-corrected chi connectivity index (χ4v) is 5.83. The second-order valence-electron chi connectivity index (χ2n) is 9.64. The number of imidazole rings is 1. The third-order valence-corrected chi connectivity index (χ3v) is 7.78. The largest absolute Gasteiger partial charge is 0.375 e. The Morgan fingerprint density at radius 2 is 1.87 bits per heavy atom. The van der Waals surface area contributed by atoms with Gasteiger partial charge in [0.15, 0.2) is 0 Å². The van der Waals surface area contributed by atoms with Crippen molar-refractivity contribution in [3.05, 3.63) is 71.4 Å². The number of nitrogens with one attached hydrogen (secondary N) is 1. The van der Waals surface area contributed by atoms with E-state index >= 15 is 0 Å². The Morgan fingerprint density at radius 3 is 2.63 bits per heavy atom. The number of pyridine rings is 2. The number of benzene rings is 1. The van der Waals surface area contributed by atoms with Crippen LogP contribution < -0.4 is 5.32 Å². The highest BCUT2D eigenvalue weighted by Crippen LogP contribution is 2.35. The van der Waals surface area contributed by atoms with Crippen LogP contribution in [0.4, 0.5) is 0 Å². The fraction of sp³-hybridized carbons (Fsp3) is 0.286. The van der Waals surface area contributed by atoms with Crippen LogP contribution in [-0.4, -0.2) is 49.8 Å². The molecule has 38 heavy (non-hydrogen) atoms. The molecule has 0 saturated heterocycles. The minimum Gasteiger partial charge on any atom is -0.375 e. The van der Waals surface area contributed by atoms with Crippen molar-refractivity contribution in [2.24, 2.45) is 0 Å². The molecule has 1 N–H and O–H groups in total. The van der Waals surface area contributed by atoms with Gasteiger partial charge in [-0.3, -0.25) is 14.5 Å². The summed E-state index contributed by atoms with van der Waals surface area (Å²) in [6, 6.07) is 10.0. The van der Waals surface area contributed by atoms with Gasteiger partial charge < -0.3 is 14.5 Å². The first-order valence-electron chi connectivity index (χ1n) is 12.5. The van der Waals surface area contributed by atoms with Crippen LogP contribution in [0.15, 0.2) is 61.3 Å². The second-order valence-corrected chi connectivity index (χ2v) is 10.5. The minimum atomic E-state index is -0.0604. The van der Waals surface area contributed by atoms with Gasteiger partial charge in [-0.15, -0.1) is 0 Å². The van der Waals surface area contributed by atoms with Crippen LogP contribution in [-0.2, 0) is 9.53 Å². The maximum Gasteiger partial charge on any atom is 0.246 e. The van der Waals surface area contributed by atoms with Crippen molar-refractivity contribution in [3.8, 4) is 22.4 Å². The molecule has 1 aliphatic carbocycles. The highest BCUT2D eigenvalue weighted by Gasteiger charge is 2.24. The molecule has 1 amide bonds. The molecule has 0 unspecified atom stereocenters. The Balaban J connectivity index is 1.26. The van der Waals surface area contributed by atoms with Crippen LogP contribution in [0, 0.1) is 0 Å². The summed E-state index contributed by atoms with van der Waals surface area (Å²) >= 11 is 12.9. The van der Waals surface area contributed by atoms with Gasteiger partial charge in [0.2, 0.25) is 5.91 Å². The van der Waals surface area contributed by atoms with Gasteiger partial charge in [-0.25, -0.2) is 4.98 Å². The van der Waals surface area contributed by atoms with Gasteiger partial charge in [0.25, 0.3) is 0 Å². The van der Waals surface area contributed by atoms with E-state index in [1.807, 2.05) is 58.1 Å². The molecule has 0 spiro atoms. The highest BCUT2D eigenvalue weighted by molar-refractivity contribution is 6.39. The summed E-state index contributed by atoms with van der Waals surface area (Å²) in [5.41, 5.74) is 5.02. The minimum absolute atomic E-state index is 0.0604. The number of aromatic nitrogens is 5. The zero-order valence-corrected chi connectivity index (χ0v) is 22.3. The van der Waals surface area contributed by atoms with E-state index in [0.717, 1.165) is 53.4 Å². The summed E-state index contributed by atoms with van der Waals surface area (Å²) in [7, 11) is 1.53. The molecule has 4 aromatic heterocycles. The van der Waals surface area contributed by atoms with Crippen molar-refractivity contribution < 1.29 is 9.53 Å². The molecule has 8 nitrogen and oxygen atoms in total. The number of fused-ring (bicyclic) bond motifs is 3. The topological polar surface area (TPSA) is 86.3 Å². The average molecular weight is 549 g/mol. The molecule has 5 aromatic rings. The lowest BCUT2D eigenvalue weighted by atomic mass is 9.91. The number of methoxy groups -OCH3 is 1. The van der Waals surface area contributed by atoms with Crippen molar-refractivity contribution in [3.63, 3.8) is 0 Å². The Kier molecular flexibility index (Phi) is 6.78. The molecule has 6 rings (SSSR count). The highest BCUT2D eigenvalue weighted by atomic mass is 35.5. The normalized spacial score (nSPS) is 17.8. The molecule has 0 bridgehead atoms. The van der Waals surface area contributed by atoms with Gasteiger partial charge in [-0.05, 0) is 49.9 Å². The first-order chi connectivity index (χ1) is 18.5. The number of hydrogen-bond acceptors (Lipinski definition) is 5. The van der Waals surface area contributed by atoms with E-state index in [0.29, 0.717) is 27.3 Å². The molecule has 4 heterocycles. The number of rotatable bonds is 6. The van der Waals surface area contributed by atoms with Gasteiger partial charge >= 0.3 is 0 Å². The molecule has 0 atom stereocenters. The van der Waals surface area contributed by atoms with Crippen LogP contribution in [0.5, 0.6) is 0 Å². The number of nitrogens with zero attached hydrogens (tertiary/aromatic N) is 5. The first-order valence-corrected chi connectivity index (χ1v) is 13.3. The molecule has 0 aliphatic heterocycles. The standard InChI is InChI=1S/C28H26Cl2N6O2/c1-38-16-26(37)33-19-5-7-20(8-6-19)36-14-18(13-32-36)17-11-21-24(31-12-17)9-10-35-15-25(34-28(21)35)27-22(29)3-2-4-23(27)30/h2-4,9-15,19-20H,5-8,16H2,1H3,(H,33,37). The summed E-state index contributed by atoms with van der Waals surface area (Å²) in [5.74, 6) is -0.0604. The zero-order valence-electron chi connectivity index (χ0n) is 20.8. The van der Waals surface area contributed by atoms with Crippen LogP contribution in [0.3, 0.4) is 0 Å². The van der Waals surface area contributed by atoms with Gasteiger partial charge in [-0.2, -0.15) is 5.10 Å². The molecular weight excluding hydrogens is 523 g/mol. The molecular formula is C28H26Cl2N6O2. The zero-order chi connectivity index (χ0) is 26.2. The van der Waals surface area contributed by atoms with Crippen LogP contribution >= 0.6 is 23.2 Å². The third-order valence-electron chi connectivity index (χ3n) is 7.15. The number of amides is 1. The predicted octanol–water partition coefficient (Wildman–Crippen LogP) is 5.97. The van der Waals surface area contributed by atoms with Crippen molar-refractivity contribution in [1.29, 1.82) is 0 Å². The average Bonchev–Trinajstić information content (AvgIpc) is 3.57. The number of hydrogen-bond donors (Lipinski definition) is 1. The SMILES string of the molecule is COCC(=O)NC1CCC(n2cc(-c3cnc4ccn5cc(-c6c(Cl)cccc6Cl)nc5c4c3)cn2)CC1. The second kappa shape index (κ2) is 10.4. The van der Waals surface area contributed by atoms with Gasteiger partial charge in [0, 0.05) is 60.0 Å². The summed E-state index contributed by atoms with van der Waals surface area (Å²) in [6.45, 7) is 0.0996. The lowest BCUT2D eigenvalue weighted by Crippen LogP contribution is -2.39. The Hall–Kier alpha value is -3.46. The maximum absolute atomic E-state index is 11.8. The summed E-state index contributed by atoms with van der Waals surface area (Å²) in [5, 5.41) is 9.76. The quantitative estimate of drug-likeness (QED) is 0.282. The van der Waals surface area contributed by atoms with Crippen LogP contribution in [0.25, 0.3) is 38.9 Å². The molecule has 1 aliphatic rings. The van der Waals surface area contributed by atoms with E-state index < -0.39 is 0 Å². The summed E-state index contributed by atoms with van der Waals surface area (Å²) in [4.78, 5) is 21.4. The fourth-order valence-electron chi connectivity index (χ4n) is 5.24. The Bertz CT molecular complexity index is 1620. The monoisotopic (exact) mass is 548 g/mol. The lowest BCUT2D eigenvalue weighted by Gasteiger charge is -2.29. The van der Waals surface area contributed by atoms with E-state index in [9.17, 15) is 4.79 Å². The predicted molar refractivity (Wildman–Crippen MR) is 148 cm³/mol. The van der Waals surface area contributed by atoms with Crippen molar-refractivity contribution in [2.75, 3.05) is 13.7 Å². The van der Waals surface area contributed by atoms with Crippen molar-refractivity contribution in [2.45, 2.75) is 37.8 Å². The first kappa shape index (κ1) is 24.9. The summed E-state index contributed by atoms with van der Waals surface area (Å²) < 4.78 is 8.92. The van der Waals surface area contributed by atoms with Crippen molar-refractivity contribution in [1.82, 2.24) is 29.5 Å². The Morgan fingerprint density at radius 1 is 1.08 bits per heavy atom. The third kappa shape index (κ3) is 4.75. The summed E-state index contributed by atoms with van der Waals surface area (Å²) in [6.07, 6.45) is 13.5. The molecule has 194 valence electrons.